The summed E-state index contributed by atoms with van der Waals surface area (Å²) >= 11 is 0. The van der Waals surface area contributed by atoms with Gasteiger partial charge in [0.25, 0.3) is 0 Å². The van der Waals surface area contributed by atoms with Crippen molar-refractivity contribution in [1.29, 1.82) is 0 Å². The second-order valence-corrected chi connectivity index (χ2v) is 6.45. The molecule has 1 aliphatic rings. The maximum absolute atomic E-state index is 10.8. The summed E-state index contributed by atoms with van der Waals surface area (Å²) in [4.78, 5) is 10.4. The summed E-state index contributed by atoms with van der Waals surface area (Å²) in [6.07, 6.45) is 17.9. The fraction of sp³-hybridized carbons (Fsp3) is 0.882. The van der Waals surface area contributed by atoms with Gasteiger partial charge in [-0.05, 0) is 38.5 Å². The van der Waals surface area contributed by atoms with E-state index in [1.54, 1.807) is 0 Å². The molecule has 0 aromatic rings. The first kappa shape index (κ1) is 18.1. The molecule has 122 valence electrons. The molecule has 1 rings (SSSR count). The average Bonchev–Trinajstić information content (AvgIpc) is 2.41. The Hall–Kier alpha value is -0.900. The van der Waals surface area contributed by atoms with Crippen LogP contribution in [0.15, 0.2) is 12.2 Å². The van der Waals surface area contributed by atoms with Gasteiger partial charge in [0.1, 0.15) is 5.60 Å². The molecule has 21 heavy (non-hydrogen) atoms. The van der Waals surface area contributed by atoms with Crippen molar-refractivity contribution in [3.63, 3.8) is 0 Å². The summed E-state index contributed by atoms with van der Waals surface area (Å²) in [6.45, 7) is -0.296. The summed E-state index contributed by atoms with van der Waals surface area (Å²) < 4.78 is 0. The minimum atomic E-state index is -1.08. The normalized spacial score (nSPS) is 28.8. The van der Waals surface area contributed by atoms with Gasteiger partial charge in [0.05, 0.1) is 0 Å². The average molecular weight is 297 g/mol. The lowest BCUT2D eigenvalue weighted by atomic mass is 9.89. The highest BCUT2D eigenvalue weighted by Crippen LogP contribution is 2.24. The minimum absolute atomic E-state index is 0.296. The Kier molecular flexibility index (Phi) is 9.31. The van der Waals surface area contributed by atoms with Crippen LogP contribution in [0.4, 0.5) is 0 Å². The molecule has 1 N–H and O–H groups in total. The van der Waals surface area contributed by atoms with E-state index in [9.17, 15) is 15.2 Å². The molecule has 1 unspecified atom stereocenters. The highest BCUT2D eigenvalue weighted by molar-refractivity contribution is 4.82. The lowest BCUT2D eigenvalue weighted by Gasteiger charge is -2.24. The zero-order valence-electron chi connectivity index (χ0n) is 13.3. The minimum Gasteiger partial charge on any atom is -0.383 e. The van der Waals surface area contributed by atoms with Gasteiger partial charge in [0.2, 0.25) is 6.54 Å². The fourth-order valence-corrected chi connectivity index (χ4v) is 3.08. The molecule has 0 spiro atoms. The second-order valence-electron chi connectivity index (χ2n) is 6.45. The summed E-state index contributed by atoms with van der Waals surface area (Å²) in [7, 11) is 0. The Morgan fingerprint density at radius 2 is 1.29 bits per heavy atom. The van der Waals surface area contributed by atoms with E-state index in [1.165, 1.54) is 32.1 Å². The van der Waals surface area contributed by atoms with Crippen LogP contribution in [0.5, 0.6) is 0 Å². The smallest absolute Gasteiger partial charge is 0.232 e. The van der Waals surface area contributed by atoms with Crippen LogP contribution >= 0.6 is 0 Å². The third-order valence-electron chi connectivity index (χ3n) is 4.37. The summed E-state index contributed by atoms with van der Waals surface area (Å²) in [5.41, 5.74) is -1.08. The summed E-state index contributed by atoms with van der Waals surface area (Å²) in [5, 5.41) is 21.3. The van der Waals surface area contributed by atoms with Crippen LogP contribution in [-0.2, 0) is 0 Å². The van der Waals surface area contributed by atoms with E-state index in [-0.39, 0.29) is 11.5 Å². The molecule has 0 saturated heterocycles. The maximum Gasteiger partial charge on any atom is 0.232 e. The quantitative estimate of drug-likeness (QED) is 0.459. The van der Waals surface area contributed by atoms with Gasteiger partial charge < -0.3 is 5.11 Å². The predicted octanol–water partition coefficient (Wildman–Crippen LogP) is 4.64. The molecule has 0 aromatic carbocycles. The molecule has 0 bridgehead atoms. The summed E-state index contributed by atoms with van der Waals surface area (Å²) in [6, 6.07) is 0. The van der Waals surface area contributed by atoms with Crippen molar-refractivity contribution in [1.82, 2.24) is 0 Å². The van der Waals surface area contributed by atoms with Crippen LogP contribution in [0.25, 0.3) is 0 Å². The number of nitro groups is 1. The van der Waals surface area contributed by atoms with Gasteiger partial charge in [0.15, 0.2) is 0 Å². The highest BCUT2D eigenvalue weighted by atomic mass is 16.6. The Morgan fingerprint density at radius 1 is 0.857 bits per heavy atom. The standard InChI is InChI=1S/C17H31NO3/c19-17(16-18(20)21)14-12-10-8-6-4-2-1-3-5-7-9-11-13-15-17/h1-2,19H,3-16H2/b2-1-. The van der Waals surface area contributed by atoms with Crippen molar-refractivity contribution in [3.05, 3.63) is 22.3 Å². The number of nitrogens with zero attached hydrogens (tertiary/aromatic N) is 1. The van der Waals surface area contributed by atoms with Crippen LogP contribution < -0.4 is 0 Å². The van der Waals surface area contributed by atoms with E-state index in [0.717, 1.165) is 38.5 Å². The fourth-order valence-electron chi connectivity index (χ4n) is 3.08. The molecule has 4 nitrogen and oxygen atoms in total. The zero-order valence-corrected chi connectivity index (χ0v) is 13.3. The Morgan fingerprint density at radius 3 is 1.76 bits per heavy atom. The van der Waals surface area contributed by atoms with E-state index in [2.05, 4.69) is 12.2 Å². The second kappa shape index (κ2) is 10.8. The molecular weight excluding hydrogens is 266 g/mol. The van der Waals surface area contributed by atoms with Crippen LogP contribution in [0.1, 0.15) is 83.5 Å². The lowest BCUT2D eigenvalue weighted by molar-refractivity contribution is -0.501. The number of aliphatic hydroxyl groups is 1. The van der Waals surface area contributed by atoms with Gasteiger partial charge in [0, 0.05) is 4.92 Å². The number of hydrogen-bond acceptors (Lipinski definition) is 3. The zero-order chi connectivity index (χ0) is 15.4. The van der Waals surface area contributed by atoms with Gasteiger partial charge in [-0.2, -0.15) is 0 Å². The topological polar surface area (TPSA) is 63.4 Å². The molecule has 0 heterocycles. The lowest BCUT2D eigenvalue weighted by Crippen LogP contribution is -2.37. The van der Waals surface area contributed by atoms with Crippen LogP contribution in [0.2, 0.25) is 0 Å². The largest absolute Gasteiger partial charge is 0.383 e. The van der Waals surface area contributed by atoms with Crippen LogP contribution in [-0.4, -0.2) is 22.2 Å². The predicted molar refractivity (Wildman–Crippen MR) is 86.0 cm³/mol. The molecule has 0 fully saturated rings. The Balaban J connectivity index is 2.44. The first-order chi connectivity index (χ1) is 10.1. The monoisotopic (exact) mass is 297 g/mol. The van der Waals surface area contributed by atoms with E-state index in [4.69, 9.17) is 0 Å². The third-order valence-corrected chi connectivity index (χ3v) is 4.37. The van der Waals surface area contributed by atoms with Gasteiger partial charge >= 0.3 is 0 Å². The number of rotatable bonds is 2. The van der Waals surface area contributed by atoms with Crippen molar-refractivity contribution < 1.29 is 10.0 Å². The number of allylic oxidation sites excluding steroid dienone is 2. The van der Waals surface area contributed by atoms with Crippen LogP contribution in [0.3, 0.4) is 0 Å². The van der Waals surface area contributed by atoms with Crippen molar-refractivity contribution in [2.45, 2.75) is 89.1 Å². The van der Waals surface area contributed by atoms with Crippen molar-refractivity contribution in [2.75, 3.05) is 6.54 Å². The molecule has 4 heteroatoms. The van der Waals surface area contributed by atoms with Crippen molar-refractivity contribution in [3.8, 4) is 0 Å². The van der Waals surface area contributed by atoms with E-state index in [1.807, 2.05) is 0 Å². The van der Waals surface area contributed by atoms with Gasteiger partial charge in [-0.1, -0.05) is 57.1 Å². The van der Waals surface area contributed by atoms with E-state index in [0.29, 0.717) is 12.8 Å². The molecule has 0 saturated carbocycles. The maximum atomic E-state index is 10.8. The molecule has 1 atom stereocenters. The Bertz CT molecular complexity index is 317. The van der Waals surface area contributed by atoms with E-state index >= 15 is 0 Å². The first-order valence-corrected chi connectivity index (χ1v) is 8.62. The summed E-state index contributed by atoms with van der Waals surface area (Å²) in [5.74, 6) is 0. The molecule has 1 aliphatic carbocycles. The SMILES string of the molecule is O=[N+]([O-])CC1(O)CCCCCC/C=C\CCCCCCC1. The van der Waals surface area contributed by atoms with Crippen molar-refractivity contribution in [2.24, 2.45) is 0 Å². The molecule has 0 radical (unpaired) electrons. The highest BCUT2D eigenvalue weighted by Gasteiger charge is 2.31. The van der Waals surface area contributed by atoms with Gasteiger partial charge in [-0.3, -0.25) is 10.1 Å². The molecular formula is C17H31NO3. The van der Waals surface area contributed by atoms with E-state index < -0.39 is 5.60 Å². The third kappa shape index (κ3) is 9.62. The first-order valence-electron chi connectivity index (χ1n) is 8.62. The van der Waals surface area contributed by atoms with Crippen LogP contribution in [0, 0.1) is 10.1 Å². The van der Waals surface area contributed by atoms with Crippen molar-refractivity contribution >= 4 is 0 Å². The molecule has 0 aliphatic heterocycles. The molecule has 0 amide bonds. The number of hydrogen-bond donors (Lipinski definition) is 1. The Labute approximate surface area is 128 Å². The van der Waals surface area contributed by atoms with Gasteiger partial charge in [-0.25, -0.2) is 0 Å². The van der Waals surface area contributed by atoms with Gasteiger partial charge in [-0.15, -0.1) is 0 Å². The molecule has 0 aromatic heterocycles.